The highest BCUT2D eigenvalue weighted by atomic mass is 15.0. The van der Waals surface area contributed by atoms with Crippen LogP contribution in [-0.4, -0.2) is 24.5 Å². The Balaban J connectivity index is 1.87. The Kier molecular flexibility index (Phi) is 4.13. The van der Waals surface area contributed by atoms with Crippen LogP contribution < -0.4 is 0 Å². The molecule has 0 atom stereocenters. The van der Waals surface area contributed by atoms with Crippen LogP contribution >= 0.6 is 0 Å². The average molecular weight is 343 g/mol. The van der Waals surface area contributed by atoms with E-state index in [4.69, 9.17) is 4.98 Å². The number of nitrogens with zero attached hydrogens (tertiary/aromatic N) is 4. The van der Waals surface area contributed by atoms with Crippen LogP contribution in [0.3, 0.4) is 0 Å². The number of nitrogens with one attached hydrogen (secondary N) is 1. The smallest absolute Gasteiger partial charge is 0.109 e. The molecule has 0 fully saturated rings. The minimum Gasteiger partial charge on any atom is -0.340 e. The Morgan fingerprint density at radius 3 is 2.62 bits per heavy atom. The van der Waals surface area contributed by atoms with Gasteiger partial charge in [-0.05, 0) is 31.2 Å². The largest absolute Gasteiger partial charge is 0.340 e. The summed E-state index contributed by atoms with van der Waals surface area (Å²) in [6.07, 6.45) is 5.51. The van der Waals surface area contributed by atoms with E-state index in [1.807, 2.05) is 42.0 Å². The summed E-state index contributed by atoms with van der Waals surface area (Å²) >= 11 is 0. The van der Waals surface area contributed by atoms with E-state index >= 15 is 0 Å². The maximum Gasteiger partial charge on any atom is 0.109 e. The van der Waals surface area contributed by atoms with Gasteiger partial charge in [0.15, 0.2) is 0 Å². The van der Waals surface area contributed by atoms with Crippen molar-refractivity contribution in [2.45, 2.75) is 26.7 Å². The van der Waals surface area contributed by atoms with Gasteiger partial charge in [-0.2, -0.15) is 0 Å². The van der Waals surface area contributed by atoms with Gasteiger partial charge in [0.1, 0.15) is 5.82 Å². The number of aromatic nitrogens is 5. The lowest BCUT2D eigenvalue weighted by Gasteiger charge is -2.07. The highest BCUT2D eigenvalue weighted by Crippen LogP contribution is 2.32. The van der Waals surface area contributed by atoms with E-state index in [1.54, 1.807) is 12.5 Å². The van der Waals surface area contributed by atoms with Gasteiger partial charge >= 0.3 is 0 Å². The quantitative estimate of drug-likeness (QED) is 0.581. The Bertz CT molecular complexity index is 1030. The fourth-order valence-electron chi connectivity index (χ4n) is 2.97. The van der Waals surface area contributed by atoms with E-state index in [0.29, 0.717) is 5.92 Å². The van der Waals surface area contributed by atoms with Gasteiger partial charge in [0, 0.05) is 35.3 Å². The zero-order valence-electron chi connectivity index (χ0n) is 15.1. The van der Waals surface area contributed by atoms with Crippen molar-refractivity contribution in [3.63, 3.8) is 0 Å². The fraction of sp³-hybridized carbons (Fsp3) is 0.190. The van der Waals surface area contributed by atoms with Crippen molar-refractivity contribution < 1.29 is 0 Å². The van der Waals surface area contributed by atoms with Crippen LogP contribution in [0.4, 0.5) is 0 Å². The van der Waals surface area contributed by atoms with Crippen molar-refractivity contribution in [1.29, 1.82) is 0 Å². The van der Waals surface area contributed by atoms with Crippen LogP contribution in [0.5, 0.6) is 0 Å². The molecule has 0 aliphatic carbocycles. The van der Waals surface area contributed by atoms with Crippen LogP contribution in [-0.2, 0) is 0 Å². The van der Waals surface area contributed by atoms with E-state index in [-0.39, 0.29) is 0 Å². The predicted octanol–water partition coefficient (Wildman–Crippen LogP) is 4.76. The van der Waals surface area contributed by atoms with Gasteiger partial charge in [0.2, 0.25) is 0 Å². The molecule has 0 unspecified atom stereocenters. The number of benzene rings is 1. The molecular weight excluding hydrogens is 322 g/mol. The highest BCUT2D eigenvalue weighted by Gasteiger charge is 2.17. The molecule has 5 heteroatoms. The molecule has 0 amide bonds. The van der Waals surface area contributed by atoms with Gasteiger partial charge in [-0.15, -0.1) is 0 Å². The number of imidazole rings is 2. The summed E-state index contributed by atoms with van der Waals surface area (Å²) in [7, 11) is 0. The third kappa shape index (κ3) is 3.04. The first-order valence-corrected chi connectivity index (χ1v) is 8.74. The SMILES string of the molecule is Cc1cccc(-c2[nH]c(C(C)C)nc2-c2cccc(-n3ccnc3)c2)n1. The highest BCUT2D eigenvalue weighted by molar-refractivity contribution is 5.77. The maximum atomic E-state index is 4.89. The molecule has 4 aromatic rings. The van der Waals surface area contributed by atoms with E-state index in [1.165, 1.54) is 0 Å². The Labute approximate surface area is 152 Å². The first kappa shape index (κ1) is 16.3. The molecule has 3 aromatic heterocycles. The lowest BCUT2D eigenvalue weighted by Crippen LogP contribution is -1.92. The van der Waals surface area contributed by atoms with E-state index in [2.05, 4.69) is 47.0 Å². The normalized spacial score (nSPS) is 11.2. The van der Waals surface area contributed by atoms with Gasteiger partial charge in [-0.3, -0.25) is 4.98 Å². The number of pyridine rings is 1. The van der Waals surface area contributed by atoms with E-state index in [9.17, 15) is 0 Å². The van der Waals surface area contributed by atoms with Gasteiger partial charge < -0.3 is 9.55 Å². The van der Waals surface area contributed by atoms with Crippen molar-refractivity contribution in [1.82, 2.24) is 24.5 Å². The number of aromatic amines is 1. The lowest BCUT2D eigenvalue weighted by atomic mass is 10.1. The summed E-state index contributed by atoms with van der Waals surface area (Å²) in [4.78, 5) is 17.2. The van der Waals surface area contributed by atoms with Crippen molar-refractivity contribution >= 4 is 0 Å². The second kappa shape index (κ2) is 6.59. The Morgan fingerprint density at radius 1 is 1.04 bits per heavy atom. The van der Waals surface area contributed by atoms with Crippen molar-refractivity contribution in [3.05, 3.63) is 72.7 Å². The lowest BCUT2D eigenvalue weighted by molar-refractivity contribution is 0.795. The monoisotopic (exact) mass is 343 g/mol. The molecule has 0 saturated carbocycles. The first-order valence-electron chi connectivity index (χ1n) is 8.74. The third-order valence-corrected chi connectivity index (χ3v) is 4.34. The molecule has 0 saturated heterocycles. The molecule has 26 heavy (non-hydrogen) atoms. The summed E-state index contributed by atoms with van der Waals surface area (Å²) in [5.74, 6) is 1.27. The van der Waals surface area contributed by atoms with Gasteiger partial charge in [-0.1, -0.05) is 32.0 Å². The summed E-state index contributed by atoms with van der Waals surface area (Å²) in [6, 6.07) is 14.4. The van der Waals surface area contributed by atoms with Crippen LogP contribution in [0.2, 0.25) is 0 Å². The number of rotatable bonds is 4. The average Bonchev–Trinajstić information content (AvgIpc) is 3.32. The molecule has 0 spiro atoms. The minimum atomic E-state index is 0.309. The molecule has 1 N–H and O–H groups in total. The van der Waals surface area contributed by atoms with E-state index < -0.39 is 0 Å². The van der Waals surface area contributed by atoms with Crippen molar-refractivity contribution in [2.24, 2.45) is 0 Å². The molecule has 3 heterocycles. The van der Waals surface area contributed by atoms with Crippen LogP contribution in [0, 0.1) is 6.92 Å². The summed E-state index contributed by atoms with van der Waals surface area (Å²) in [5, 5.41) is 0. The zero-order chi connectivity index (χ0) is 18.1. The second-order valence-corrected chi connectivity index (χ2v) is 6.68. The first-order chi connectivity index (χ1) is 12.6. The van der Waals surface area contributed by atoms with Gasteiger partial charge in [0.25, 0.3) is 0 Å². The Hall–Kier alpha value is -3.21. The zero-order valence-corrected chi connectivity index (χ0v) is 15.1. The topological polar surface area (TPSA) is 59.4 Å². The molecule has 1 aromatic carbocycles. The fourth-order valence-corrected chi connectivity index (χ4v) is 2.97. The molecule has 0 aliphatic heterocycles. The van der Waals surface area contributed by atoms with Gasteiger partial charge in [-0.25, -0.2) is 9.97 Å². The van der Waals surface area contributed by atoms with E-state index in [0.717, 1.165) is 39.9 Å². The van der Waals surface area contributed by atoms with Crippen LogP contribution in [0.15, 0.2) is 61.2 Å². The number of H-pyrrole nitrogens is 1. The number of aryl methyl sites for hydroxylation is 1. The minimum absolute atomic E-state index is 0.309. The molecule has 0 aliphatic rings. The van der Waals surface area contributed by atoms with Crippen LogP contribution in [0.25, 0.3) is 28.3 Å². The summed E-state index contributed by atoms with van der Waals surface area (Å²) in [6.45, 7) is 6.28. The summed E-state index contributed by atoms with van der Waals surface area (Å²) < 4.78 is 1.99. The number of hydrogen-bond acceptors (Lipinski definition) is 3. The standard InChI is InChI=1S/C21H21N5/c1-14(2)21-24-19(20(25-21)18-9-4-6-15(3)23-18)16-7-5-8-17(12-16)26-11-10-22-13-26/h4-14H,1-3H3,(H,24,25). The van der Waals surface area contributed by atoms with Crippen molar-refractivity contribution in [2.75, 3.05) is 0 Å². The van der Waals surface area contributed by atoms with Crippen molar-refractivity contribution in [3.8, 4) is 28.3 Å². The molecule has 130 valence electrons. The predicted molar refractivity (Wildman–Crippen MR) is 103 cm³/mol. The molecule has 4 rings (SSSR count). The Morgan fingerprint density at radius 2 is 1.88 bits per heavy atom. The molecular formula is C21H21N5. The molecule has 0 bridgehead atoms. The molecule has 5 nitrogen and oxygen atoms in total. The number of hydrogen-bond donors (Lipinski definition) is 1. The third-order valence-electron chi connectivity index (χ3n) is 4.34. The van der Waals surface area contributed by atoms with Crippen LogP contribution in [0.1, 0.15) is 31.3 Å². The maximum absolute atomic E-state index is 4.89. The second-order valence-electron chi connectivity index (χ2n) is 6.68. The van der Waals surface area contributed by atoms with Gasteiger partial charge in [0.05, 0.1) is 23.4 Å². The summed E-state index contributed by atoms with van der Waals surface area (Å²) in [5.41, 5.74) is 5.89. The molecule has 0 radical (unpaired) electrons.